The molecule has 2 atom stereocenters. The highest BCUT2D eigenvalue weighted by Crippen LogP contribution is 2.29. The van der Waals surface area contributed by atoms with Gasteiger partial charge in [-0.3, -0.25) is 28.9 Å². The molecule has 4 N–H and O–H groups in total. The van der Waals surface area contributed by atoms with Crippen LogP contribution in [0.15, 0.2) is 115 Å². The maximum absolute atomic E-state index is 14.6. The van der Waals surface area contributed by atoms with Crippen molar-refractivity contribution in [1.29, 1.82) is 0 Å². The van der Waals surface area contributed by atoms with E-state index in [4.69, 9.17) is 46.4 Å². The minimum absolute atomic E-state index is 0.000694. The smallest absolute Gasteiger partial charge is 0.270 e. The molecule has 0 saturated carbocycles. The van der Waals surface area contributed by atoms with Crippen molar-refractivity contribution >= 4 is 93.8 Å². The number of likely N-dealkylation sites (tertiary alicyclic amines) is 2. The Labute approximate surface area is 444 Å². The lowest BCUT2D eigenvalue weighted by Gasteiger charge is -2.33. The molecule has 4 aromatic carbocycles. The Morgan fingerprint density at radius 3 is 2.03 bits per heavy atom. The summed E-state index contributed by atoms with van der Waals surface area (Å²) in [4.78, 5) is 82.7. The van der Waals surface area contributed by atoms with Crippen LogP contribution in [-0.2, 0) is 38.6 Å². The van der Waals surface area contributed by atoms with Gasteiger partial charge in [-0.2, -0.15) is 0 Å². The predicted octanol–water partition coefficient (Wildman–Crippen LogP) is 8.12. The summed E-state index contributed by atoms with van der Waals surface area (Å²) < 4.78 is 0. The lowest BCUT2D eigenvalue weighted by molar-refractivity contribution is -0.137. The second-order valence-corrected chi connectivity index (χ2v) is 20.2. The van der Waals surface area contributed by atoms with E-state index in [-0.39, 0.29) is 80.6 Å². The van der Waals surface area contributed by atoms with Crippen LogP contribution in [0.3, 0.4) is 0 Å². The highest BCUT2D eigenvalue weighted by atomic mass is 35.5. The average Bonchev–Trinajstić information content (AvgIpc) is 3.39. The number of Topliss-reactive ketones (excluding diaryl/α,β-unsaturated/α-hetero) is 1. The first-order chi connectivity index (χ1) is 35.2. The number of aliphatic hydroxyl groups is 1. The van der Waals surface area contributed by atoms with Crippen molar-refractivity contribution in [2.45, 2.75) is 69.7 Å². The summed E-state index contributed by atoms with van der Waals surface area (Å²) in [5.74, 6) is -1.02. The fourth-order valence-corrected chi connectivity index (χ4v) is 9.93. The van der Waals surface area contributed by atoms with Crippen LogP contribution in [0.5, 0.6) is 0 Å². The molecule has 380 valence electrons. The van der Waals surface area contributed by atoms with Gasteiger partial charge in [0.25, 0.3) is 5.91 Å². The number of nitrogens with one attached hydrogen (secondary N) is 3. The molecule has 5 aromatic rings. The van der Waals surface area contributed by atoms with Crippen molar-refractivity contribution in [3.63, 3.8) is 0 Å². The second kappa shape index (κ2) is 25.2. The molecule has 2 fully saturated rings. The van der Waals surface area contributed by atoms with Crippen LogP contribution in [0.4, 0.5) is 5.82 Å². The zero-order valence-electron chi connectivity index (χ0n) is 40.0. The monoisotopic (exact) mass is 1060 g/mol. The van der Waals surface area contributed by atoms with Gasteiger partial charge in [-0.15, -0.1) is 0 Å². The number of anilines is 1. The Kier molecular flexibility index (Phi) is 18.4. The first kappa shape index (κ1) is 53.2. The Balaban J connectivity index is 0.825. The molecule has 18 heteroatoms. The van der Waals surface area contributed by atoms with Crippen LogP contribution >= 0.6 is 46.4 Å². The molecule has 3 aliphatic rings. The molecule has 3 aliphatic heterocycles. The number of fused-ring (bicyclic) bond motifs is 1. The predicted molar refractivity (Wildman–Crippen MR) is 285 cm³/mol. The Hall–Kier alpha value is -6.13. The largest absolute Gasteiger partial charge is 0.390 e. The molecular formula is C55H56Cl4N8O6. The summed E-state index contributed by atoms with van der Waals surface area (Å²) in [5.41, 5.74) is 5.50. The number of carbonyl (C=O) groups is 5. The lowest BCUT2D eigenvalue weighted by Crippen LogP contribution is -2.52. The highest BCUT2D eigenvalue weighted by Gasteiger charge is 2.34. The average molecular weight is 1070 g/mol. The zero-order chi connectivity index (χ0) is 51.4. The zero-order valence-corrected chi connectivity index (χ0v) is 43.1. The minimum Gasteiger partial charge on any atom is -0.390 e. The number of carbonyl (C=O) groups excluding carboxylic acids is 5. The van der Waals surface area contributed by atoms with Crippen LogP contribution in [0, 0.1) is 0 Å². The summed E-state index contributed by atoms with van der Waals surface area (Å²) in [5, 5.41) is 21.2. The molecule has 2 unspecified atom stereocenters. The molecule has 0 spiro atoms. The number of nitrogens with zero attached hydrogens (tertiary/aromatic N) is 5. The van der Waals surface area contributed by atoms with E-state index in [9.17, 15) is 29.1 Å². The van der Waals surface area contributed by atoms with E-state index in [0.29, 0.717) is 80.7 Å². The fourth-order valence-electron chi connectivity index (χ4n) is 9.31. The van der Waals surface area contributed by atoms with Gasteiger partial charge in [0.2, 0.25) is 17.7 Å². The number of aromatic nitrogens is 2. The van der Waals surface area contributed by atoms with Gasteiger partial charge in [-0.1, -0.05) is 113 Å². The molecule has 2 saturated heterocycles. The third kappa shape index (κ3) is 14.8. The standard InChI is InChI=1S/C55H56Cl4N8O6/c56-44-15-13-36(25-46(44)58)23-40-31-67(32-41(53(40)71)24-37-14-16-45(57)47(59)26-37)55(73)49(27-35-7-2-1-3-8-35)64-51(69)11-6-12-52(70)66-21-18-42(19-22-66)63-50-28-48(61-34-62-50)54(72)60-29-43(68)33-65-20-17-38-9-4-5-10-39(38)30-65/h1-5,7-10,13-16,23-26,28,34,42-43,49,68H,6,11-12,17-22,27,29-33H2,(H,60,72)(H,64,69)(H,61,62,63)/b40-23+,41-24+. The minimum atomic E-state index is -0.981. The van der Waals surface area contributed by atoms with Gasteiger partial charge in [0.05, 0.1) is 26.2 Å². The van der Waals surface area contributed by atoms with Crippen LogP contribution in [0.2, 0.25) is 20.1 Å². The SMILES string of the molecule is O=C(CCCC(=O)N1CCC(Nc2cc(C(=O)NCC(O)CN3CCc4ccccc4C3)ncn2)CC1)NC(Cc1ccccc1)C(=O)N1C/C(=C\c2ccc(Cl)c(Cl)c2)C(=O)/C(=C/c2ccc(Cl)c(Cl)c2)C1. The normalized spacial score (nSPS) is 17.2. The Morgan fingerprint density at radius 2 is 1.37 bits per heavy atom. The summed E-state index contributed by atoms with van der Waals surface area (Å²) >= 11 is 25.0. The number of amides is 4. The molecule has 4 amide bonds. The van der Waals surface area contributed by atoms with Crippen LogP contribution in [0.25, 0.3) is 12.2 Å². The van der Waals surface area contributed by atoms with E-state index in [2.05, 4.69) is 43.0 Å². The number of rotatable bonds is 17. The molecule has 1 aromatic heterocycles. The van der Waals surface area contributed by atoms with Gasteiger partial charge in [-0.05, 0) is 89.9 Å². The number of aliphatic hydroxyl groups excluding tert-OH is 1. The van der Waals surface area contributed by atoms with Crippen molar-refractivity contribution < 1.29 is 29.1 Å². The topological polar surface area (TPSA) is 177 Å². The lowest BCUT2D eigenvalue weighted by atomic mass is 9.93. The molecule has 14 nitrogen and oxygen atoms in total. The van der Waals surface area contributed by atoms with Gasteiger partial charge in [0, 0.05) is 94.9 Å². The van der Waals surface area contributed by atoms with Crippen molar-refractivity contribution in [1.82, 2.24) is 35.3 Å². The molecular weight excluding hydrogens is 1010 g/mol. The van der Waals surface area contributed by atoms with E-state index < -0.39 is 18.1 Å². The molecule has 0 aliphatic carbocycles. The van der Waals surface area contributed by atoms with Crippen LogP contribution in [0.1, 0.15) is 70.4 Å². The van der Waals surface area contributed by atoms with E-state index in [1.165, 1.54) is 17.5 Å². The molecule has 73 heavy (non-hydrogen) atoms. The van der Waals surface area contributed by atoms with Gasteiger partial charge in [0.1, 0.15) is 23.9 Å². The quantitative estimate of drug-likeness (QED) is 0.0666. The van der Waals surface area contributed by atoms with Crippen LogP contribution in [-0.4, -0.2) is 123 Å². The van der Waals surface area contributed by atoms with Crippen molar-refractivity contribution in [2.24, 2.45) is 0 Å². The Bertz CT molecular complexity index is 2820. The summed E-state index contributed by atoms with van der Waals surface area (Å²) in [6, 6.07) is 28.3. The van der Waals surface area contributed by atoms with Crippen molar-refractivity contribution in [3.8, 4) is 0 Å². The third-order valence-electron chi connectivity index (χ3n) is 13.2. The van der Waals surface area contributed by atoms with Crippen LogP contribution < -0.4 is 16.0 Å². The maximum Gasteiger partial charge on any atom is 0.270 e. The van der Waals surface area contributed by atoms with E-state index in [0.717, 1.165) is 25.1 Å². The summed E-state index contributed by atoms with van der Waals surface area (Å²) in [7, 11) is 0. The number of piperidine rings is 2. The number of hydrogen-bond acceptors (Lipinski definition) is 10. The molecule has 4 heterocycles. The van der Waals surface area contributed by atoms with E-state index in [1.807, 2.05) is 42.5 Å². The third-order valence-corrected chi connectivity index (χ3v) is 14.7. The first-order valence-corrected chi connectivity index (χ1v) is 25.9. The highest BCUT2D eigenvalue weighted by molar-refractivity contribution is 6.42. The number of β-amino-alcohol motifs (C(OH)–C–C–N with tert-alkyl or cyclic N) is 1. The van der Waals surface area contributed by atoms with Gasteiger partial charge in [0.15, 0.2) is 5.78 Å². The number of ketones is 1. The first-order valence-electron chi connectivity index (χ1n) is 24.3. The number of halogens is 4. The molecule has 8 rings (SSSR count). The van der Waals surface area contributed by atoms with Crippen molar-refractivity contribution in [3.05, 3.63) is 168 Å². The van der Waals surface area contributed by atoms with Gasteiger partial charge >= 0.3 is 0 Å². The van der Waals surface area contributed by atoms with Gasteiger partial charge < -0.3 is 30.9 Å². The van der Waals surface area contributed by atoms with Gasteiger partial charge in [-0.25, -0.2) is 9.97 Å². The number of benzene rings is 4. The summed E-state index contributed by atoms with van der Waals surface area (Å²) in [6.07, 6.45) is 6.78. The maximum atomic E-state index is 14.6. The fraction of sp³-hybridized carbons (Fsp3) is 0.327. The summed E-state index contributed by atoms with van der Waals surface area (Å²) in [6.45, 7) is 3.07. The molecule has 0 radical (unpaired) electrons. The number of hydrogen-bond donors (Lipinski definition) is 4. The van der Waals surface area contributed by atoms with E-state index >= 15 is 0 Å². The van der Waals surface area contributed by atoms with E-state index in [1.54, 1.807) is 64.4 Å². The van der Waals surface area contributed by atoms with Crippen molar-refractivity contribution in [2.75, 3.05) is 51.1 Å². The molecule has 0 bridgehead atoms. The Morgan fingerprint density at radius 1 is 0.726 bits per heavy atom. The second-order valence-electron chi connectivity index (χ2n) is 18.6.